The average Bonchev–Trinajstić information content (AvgIpc) is 2.49. The van der Waals surface area contributed by atoms with Gasteiger partial charge < -0.3 is 10.1 Å². The van der Waals surface area contributed by atoms with Crippen molar-refractivity contribution in [1.82, 2.24) is 5.32 Å². The summed E-state index contributed by atoms with van der Waals surface area (Å²) in [5.41, 5.74) is 1.75. The van der Waals surface area contributed by atoms with Crippen LogP contribution in [0.2, 0.25) is 0 Å². The number of benzene rings is 1. The highest BCUT2D eigenvalue weighted by molar-refractivity contribution is 9.10. The van der Waals surface area contributed by atoms with Crippen molar-refractivity contribution < 1.29 is 9.53 Å². The number of rotatable bonds is 5. The van der Waals surface area contributed by atoms with Crippen LogP contribution in [0.1, 0.15) is 28.8 Å². The van der Waals surface area contributed by atoms with E-state index in [1.54, 1.807) is 0 Å². The summed E-state index contributed by atoms with van der Waals surface area (Å²) in [6, 6.07) is 5.60. The largest absolute Gasteiger partial charge is 0.465 e. The van der Waals surface area contributed by atoms with Gasteiger partial charge in [-0.15, -0.1) is 0 Å². The van der Waals surface area contributed by atoms with Crippen LogP contribution in [0.3, 0.4) is 0 Å². The molecule has 0 saturated carbocycles. The molecule has 1 N–H and O–H groups in total. The zero-order valence-corrected chi connectivity index (χ0v) is 14.1. The first-order valence-corrected chi connectivity index (χ1v) is 8.80. The van der Waals surface area contributed by atoms with Gasteiger partial charge in [-0.1, -0.05) is 22.0 Å². The lowest BCUT2D eigenvalue weighted by molar-refractivity contribution is 0.0600. The number of hydrogen-bond acceptors (Lipinski definition) is 4. The third-order valence-electron chi connectivity index (χ3n) is 3.56. The van der Waals surface area contributed by atoms with Crippen molar-refractivity contribution in [1.29, 1.82) is 0 Å². The van der Waals surface area contributed by atoms with Gasteiger partial charge in [-0.3, -0.25) is 0 Å². The number of esters is 1. The fourth-order valence-electron chi connectivity index (χ4n) is 2.30. The highest BCUT2D eigenvalue weighted by Gasteiger charge is 2.13. The van der Waals surface area contributed by atoms with E-state index < -0.39 is 0 Å². The number of methoxy groups -OCH3 is 1. The maximum atomic E-state index is 11.4. The number of ether oxygens (including phenoxy) is 1. The van der Waals surface area contributed by atoms with Crippen molar-refractivity contribution in [3.8, 4) is 0 Å². The minimum atomic E-state index is -0.301. The predicted octanol–water partition coefficient (Wildman–Crippen LogP) is 3.47. The molecule has 1 aromatic rings. The molecule has 0 radical (unpaired) electrons. The molecule has 1 fully saturated rings. The highest BCUT2D eigenvalue weighted by atomic mass is 79.9. The van der Waals surface area contributed by atoms with E-state index >= 15 is 0 Å². The van der Waals surface area contributed by atoms with Gasteiger partial charge in [0.25, 0.3) is 0 Å². The topological polar surface area (TPSA) is 38.3 Å². The molecule has 0 amide bonds. The van der Waals surface area contributed by atoms with Crippen LogP contribution in [0.15, 0.2) is 22.7 Å². The van der Waals surface area contributed by atoms with Gasteiger partial charge in [-0.2, -0.15) is 11.8 Å². The van der Waals surface area contributed by atoms with E-state index in [-0.39, 0.29) is 5.97 Å². The Morgan fingerprint density at radius 3 is 2.85 bits per heavy atom. The van der Waals surface area contributed by atoms with Gasteiger partial charge in [0, 0.05) is 11.0 Å². The molecule has 0 atom stereocenters. The quantitative estimate of drug-likeness (QED) is 0.818. The first kappa shape index (κ1) is 15.9. The molecule has 0 aromatic heterocycles. The molecule has 1 aliphatic rings. The van der Waals surface area contributed by atoms with Crippen LogP contribution in [0.25, 0.3) is 0 Å². The summed E-state index contributed by atoms with van der Waals surface area (Å²) in [7, 11) is 1.40. The first-order valence-electron chi connectivity index (χ1n) is 6.86. The number of hydrogen-bond donors (Lipinski definition) is 1. The molecule has 0 spiro atoms. The van der Waals surface area contributed by atoms with Crippen molar-refractivity contribution in [2.75, 3.05) is 25.2 Å². The molecule has 1 aliphatic heterocycles. The Labute approximate surface area is 133 Å². The lowest BCUT2D eigenvalue weighted by Crippen LogP contribution is -2.25. The van der Waals surface area contributed by atoms with Crippen LogP contribution < -0.4 is 5.32 Å². The van der Waals surface area contributed by atoms with Gasteiger partial charge in [0.2, 0.25) is 0 Å². The molecule has 1 aromatic carbocycles. The molecule has 20 heavy (non-hydrogen) atoms. The Morgan fingerprint density at radius 1 is 1.45 bits per heavy atom. The number of carbonyl (C=O) groups excluding carboxylic acids is 1. The van der Waals surface area contributed by atoms with Crippen molar-refractivity contribution >= 4 is 33.7 Å². The van der Waals surface area contributed by atoms with E-state index in [1.807, 2.05) is 18.2 Å². The second-order valence-corrected chi connectivity index (χ2v) is 7.06. The molecular formula is C15H20BrNO2S. The minimum absolute atomic E-state index is 0.301. The zero-order chi connectivity index (χ0) is 14.4. The summed E-state index contributed by atoms with van der Waals surface area (Å²) in [5, 5.41) is 3.52. The Balaban J connectivity index is 1.84. The Bertz CT molecular complexity index is 461. The average molecular weight is 358 g/mol. The number of thioether (sulfide) groups is 1. The molecule has 2 rings (SSSR count). The van der Waals surface area contributed by atoms with E-state index in [4.69, 9.17) is 4.74 Å². The first-order chi connectivity index (χ1) is 9.70. The van der Waals surface area contributed by atoms with Crippen LogP contribution in [0, 0.1) is 5.92 Å². The minimum Gasteiger partial charge on any atom is -0.465 e. The molecule has 0 aliphatic carbocycles. The highest BCUT2D eigenvalue weighted by Crippen LogP contribution is 2.23. The van der Waals surface area contributed by atoms with Gasteiger partial charge >= 0.3 is 5.97 Å². The van der Waals surface area contributed by atoms with Gasteiger partial charge in [0.05, 0.1) is 12.7 Å². The molecular weight excluding hydrogens is 338 g/mol. The third kappa shape index (κ3) is 4.50. The van der Waals surface area contributed by atoms with E-state index in [2.05, 4.69) is 33.0 Å². The fraction of sp³-hybridized carbons (Fsp3) is 0.533. The van der Waals surface area contributed by atoms with Gasteiger partial charge in [0.15, 0.2) is 0 Å². The fourth-order valence-corrected chi connectivity index (χ4v) is 4.02. The predicted molar refractivity (Wildman–Crippen MR) is 87.2 cm³/mol. The molecule has 5 heteroatoms. The van der Waals surface area contributed by atoms with Crippen LogP contribution in [0.5, 0.6) is 0 Å². The molecule has 3 nitrogen and oxygen atoms in total. The Hall–Kier alpha value is -0.520. The van der Waals surface area contributed by atoms with Crippen LogP contribution in [0.4, 0.5) is 0 Å². The zero-order valence-electron chi connectivity index (χ0n) is 11.7. The van der Waals surface area contributed by atoms with Gasteiger partial charge in [-0.05, 0) is 54.5 Å². The molecule has 0 unspecified atom stereocenters. The second kappa shape index (κ2) is 8.05. The molecule has 110 valence electrons. The summed E-state index contributed by atoms with van der Waals surface area (Å²) in [4.78, 5) is 11.4. The monoisotopic (exact) mass is 357 g/mol. The molecule has 1 saturated heterocycles. The molecule has 1 heterocycles. The maximum absolute atomic E-state index is 11.4. The third-order valence-corrected chi connectivity index (χ3v) is 5.35. The van der Waals surface area contributed by atoms with E-state index in [0.717, 1.165) is 23.5 Å². The Kier molecular flexibility index (Phi) is 6.39. The smallest absolute Gasteiger partial charge is 0.337 e. The SMILES string of the molecule is COC(=O)c1ccc(CNCC2CCSCC2)c(Br)c1. The summed E-state index contributed by atoms with van der Waals surface area (Å²) < 4.78 is 5.67. The normalized spacial score (nSPS) is 16.1. The van der Waals surface area contributed by atoms with E-state index in [0.29, 0.717) is 5.56 Å². The van der Waals surface area contributed by atoms with E-state index in [9.17, 15) is 4.79 Å². The second-order valence-electron chi connectivity index (χ2n) is 4.98. The van der Waals surface area contributed by atoms with Crippen molar-refractivity contribution in [2.45, 2.75) is 19.4 Å². The van der Waals surface area contributed by atoms with E-state index in [1.165, 1.54) is 37.0 Å². The van der Waals surface area contributed by atoms with Gasteiger partial charge in [0.1, 0.15) is 0 Å². The number of nitrogens with one attached hydrogen (secondary N) is 1. The number of halogens is 1. The van der Waals surface area contributed by atoms with Crippen molar-refractivity contribution in [3.63, 3.8) is 0 Å². The standard InChI is InChI=1S/C15H20BrNO2S/c1-19-15(18)12-2-3-13(14(16)8-12)10-17-9-11-4-6-20-7-5-11/h2-3,8,11,17H,4-7,9-10H2,1H3. The maximum Gasteiger partial charge on any atom is 0.337 e. The summed E-state index contributed by atoms with van der Waals surface area (Å²) >= 11 is 5.58. The van der Waals surface area contributed by atoms with Crippen LogP contribution in [-0.2, 0) is 11.3 Å². The molecule has 0 bridgehead atoms. The van der Waals surface area contributed by atoms with Gasteiger partial charge in [-0.25, -0.2) is 4.79 Å². The van der Waals surface area contributed by atoms with Crippen LogP contribution in [-0.4, -0.2) is 31.1 Å². The summed E-state index contributed by atoms with van der Waals surface area (Å²) in [5.74, 6) is 3.10. The van der Waals surface area contributed by atoms with Crippen molar-refractivity contribution in [2.24, 2.45) is 5.92 Å². The summed E-state index contributed by atoms with van der Waals surface area (Å²) in [6.45, 7) is 1.90. The Morgan fingerprint density at radius 2 is 2.20 bits per heavy atom. The summed E-state index contributed by atoms with van der Waals surface area (Å²) in [6.07, 6.45) is 2.64. The lowest BCUT2D eigenvalue weighted by atomic mass is 10.0. The van der Waals surface area contributed by atoms with Crippen LogP contribution >= 0.6 is 27.7 Å². The lowest BCUT2D eigenvalue weighted by Gasteiger charge is -2.21. The van der Waals surface area contributed by atoms with Crippen molar-refractivity contribution in [3.05, 3.63) is 33.8 Å². The number of carbonyl (C=O) groups is 1.